The van der Waals surface area contributed by atoms with Gasteiger partial charge in [-0.3, -0.25) is 0 Å². The first-order valence-electron chi connectivity index (χ1n) is 6.56. The predicted octanol–water partition coefficient (Wildman–Crippen LogP) is 3.40. The lowest BCUT2D eigenvalue weighted by molar-refractivity contribution is -0.274. The maximum atomic E-state index is 12.4. The van der Waals surface area contributed by atoms with Gasteiger partial charge >= 0.3 is 6.36 Å². The fraction of sp³-hybridized carbons (Fsp3) is 0.538. The smallest absolute Gasteiger partial charge is 0.406 e. The molecule has 0 N–H and O–H groups in total. The van der Waals surface area contributed by atoms with Crippen molar-refractivity contribution >= 4 is 10.0 Å². The van der Waals surface area contributed by atoms with Crippen molar-refractivity contribution < 1.29 is 26.3 Å². The molecule has 0 atom stereocenters. The summed E-state index contributed by atoms with van der Waals surface area (Å²) in [6, 6.07) is 4.44. The van der Waals surface area contributed by atoms with Crippen molar-refractivity contribution in [2.24, 2.45) is 0 Å². The quantitative estimate of drug-likeness (QED) is 0.772. The van der Waals surface area contributed by atoms with Gasteiger partial charge in [-0.25, -0.2) is 8.42 Å². The van der Waals surface area contributed by atoms with Crippen LogP contribution in [-0.4, -0.2) is 32.2 Å². The largest absolute Gasteiger partial charge is 0.573 e. The average molecular weight is 325 g/mol. The van der Waals surface area contributed by atoms with Crippen LogP contribution in [0.1, 0.15) is 26.7 Å². The molecular weight excluding hydrogens is 307 g/mol. The minimum Gasteiger partial charge on any atom is -0.406 e. The van der Waals surface area contributed by atoms with E-state index >= 15 is 0 Å². The Morgan fingerprint density at radius 2 is 1.71 bits per heavy atom. The molecule has 0 amide bonds. The van der Waals surface area contributed by atoms with E-state index in [-0.39, 0.29) is 4.90 Å². The maximum Gasteiger partial charge on any atom is 0.573 e. The minimum atomic E-state index is -4.85. The third-order valence-electron chi connectivity index (χ3n) is 2.62. The van der Waals surface area contributed by atoms with Crippen molar-refractivity contribution in [2.45, 2.75) is 37.9 Å². The van der Waals surface area contributed by atoms with Crippen molar-refractivity contribution in [2.75, 3.05) is 13.1 Å². The molecule has 0 aliphatic carbocycles. The Kier molecular flexibility index (Phi) is 6.03. The summed E-state index contributed by atoms with van der Waals surface area (Å²) in [4.78, 5) is -0.203. The lowest BCUT2D eigenvalue weighted by Crippen LogP contribution is -2.32. The molecule has 0 unspecified atom stereocenters. The third kappa shape index (κ3) is 5.20. The molecule has 0 heterocycles. The van der Waals surface area contributed by atoms with Crippen LogP contribution in [-0.2, 0) is 10.0 Å². The highest BCUT2D eigenvalue weighted by atomic mass is 32.2. The molecule has 8 heteroatoms. The second-order valence-corrected chi connectivity index (χ2v) is 6.36. The lowest BCUT2D eigenvalue weighted by Gasteiger charge is -2.21. The van der Waals surface area contributed by atoms with E-state index in [2.05, 4.69) is 4.74 Å². The molecule has 4 nitrogen and oxygen atoms in total. The van der Waals surface area contributed by atoms with Gasteiger partial charge in [-0.05, 0) is 25.0 Å². The molecule has 0 aliphatic rings. The molecule has 0 aliphatic heterocycles. The number of hydrogen-bond acceptors (Lipinski definition) is 3. The molecule has 120 valence electrons. The topological polar surface area (TPSA) is 46.6 Å². The molecule has 0 radical (unpaired) electrons. The average Bonchev–Trinajstić information content (AvgIpc) is 2.36. The Bertz CT molecular complexity index is 552. The summed E-state index contributed by atoms with van der Waals surface area (Å²) in [6.45, 7) is 4.31. The fourth-order valence-corrected chi connectivity index (χ4v) is 3.49. The van der Waals surface area contributed by atoms with Gasteiger partial charge in [0.1, 0.15) is 5.75 Å². The maximum absolute atomic E-state index is 12.4. The molecule has 21 heavy (non-hydrogen) atoms. The van der Waals surface area contributed by atoms with Gasteiger partial charge in [0.25, 0.3) is 0 Å². The van der Waals surface area contributed by atoms with Crippen LogP contribution < -0.4 is 4.74 Å². The second-order valence-electron chi connectivity index (χ2n) is 4.43. The van der Waals surface area contributed by atoms with Crippen LogP contribution in [0.25, 0.3) is 0 Å². The molecule has 0 fully saturated rings. The third-order valence-corrected chi connectivity index (χ3v) is 4.52. The highest BCUT2D eigenvalue weighted by molar-refractivity contribution is 7.89. The van der Waals surface area contributed by atoms with Gasteiger partial charge in [0, 0.05) is 19.2 Å². The highest BCUT2D eigenvalue weighted by Gasteiger charge is 2.32. The number of hydrogen-bond donors (Lipinski definition) is 0. The van der Waals surface area contributed by atoms with E-state index in [9.17, 15) is 21.6 Å². The van der Waals surface area contributed by atoms with Crippen molar-refractivity contribution in [3.63, 3.8) is 0 Å². The van der Waals surface area contributed by atoms with Crippen LogP contribution in [0.4, 0.5) is 13.2 Å². The van der Waals surface area contributed by atoms with E-state index < -0.39 is 22.1 Å². The van der Waals surface area contributed by atoms with Gasteiger partial charge in [0.2, 0.25) is 10.0 Å². The van der Waals surface area contributed by atoms with Gasteiger partial charge in [-0.1, -0.05) is 19.9 Å². The van der Waals surface area contributed by atoms with Crippen LogP contribution in [0, 0.1) is 0 Å². The number of nitrogens with zero attached hydrogens (tertiary/aromatic N) is 1. The number of ether oxygens (including phenoxy) is 1. The lowest BCUT2D eigenvalue weighted by atomic mass is 10.3. The molecule has 0 spiro atoms. The summed E-state index contributed by atoms with van der Waals surface area (Å²) in [5, 5.41) is 0. The van der Waals surface area contributed by atoms with E-state index in [0.717, 1.165) is 12.1 Å². The van der Waals surface area contributed by atoms with E-state index in [0.29, 0.717) is 25.9 Å². The molecule has 0 aromatic heterocycles. The van der Waals surface area contributed by atoms with Crippen LogP contribution in [0.15, 0.2) is 29.2 Å². The standard InChI is InChI=1S/C13H18F3NO3S/c1-3-8-17(9-4-2)21(18,19)12-7-5-6-11(10-12)20-13(14,15)16/h5-7,10H,3-4,8-9H2,1-2H3. The number of sulfonamides is 1. The summed E-state index contributed by atoms with van der Waals surface area (Å²) in [6.07, 6.45) is -3.61. The first-order valence-corrected chi connectivity index (χ1v) is 8.00. The molecule has 1 aromatic rings. The van der Waals surface area contributed by atoms with Crippen molar-refractivity contribution in [1.82, 2.24) is 4.31 Å². The molecule has 0 saturated heterocycles. The summed E-state index contributed by atoms with van der Waals surface area (Å²) in [5.74, 6) is -0.545. The van der Waals surface area contributed by atoms with Crippen LogP contribution in [0.2, 0.25) is 0 Å². The van der Waals surface area contributed by atoms with Gasteiger partial charge < -0.3 is 4.74 Å². The summed E-state index contributed by atoms with van der Waals surface area (Å²) < 4.78 is 66.4. The fourth-order valence-electron chi connectivity index (χ4n) is 1.83. The Hall–Kier alpha value is -1.28. The zero-order valence-corrected chi connectivity index (χ0v) is 12.7. The van der Waals surface area contributed by atoms with Gasteiger partial charge in [0.05, 0.1) is 4.90 Å². The van der Waals surface area contributed by atoms with Crippen LogP contribution in [0.3, 0.4) is 0 Å². The Morgan fingerprint density at radius 1 is 1.14 bits per heavy atom. The summed E-state index contributed by atoms with van der Waals surface area (Å²) in [5.41, 5.74) is 0. The van der Waals surface area contributed by atoms with E-state index in [1.807, 2.05) is 13.8 Å². The highest BCUT2D eigenvalue weighted by Crippen LogP contribution is 2.26. The Balaban J connectivity index is 3.10. The van der Waals surface area contributed by atoms with Gasteiger partial charge in [0.15, 0.2) is 0 Å². The zero-order chi connectivity index (χ0) is 16.1. The van der Waals surface area contributed by atoms with Gasteiger partial charge in [-0.2, -0.15) is 4.31 Å². The van der Waals surface area contributed by atoms with Crippen molar-refractivity contribution in [3.8, 4) is 5.75 Å². The molecular formula is C13H18F3NO3S. The predicted molar refractivity (Wildman–Crippen MR) is 72.5 cm³/mol. The SMILES string of the molecule is CCCN(CCC)S(=O)(=O)c1cccc(OC(F)(F)F)c1. The van der Waals surface area contributed by atoms with Crippen molar-refractivity contribution in [1.29, 1.82) is 0 Å². The Morgan fingerprint density at radius 3 is 2.19 bits per heavy atom. The van der Waals surface area contributed by atoms with Crippen molar-refractivity contribution in [3.05, 3.63) is 24.3 Å². The zero-order valence-electron chi connectivity index (χ0n) is 11.9. The number of benzene rings is 1. The number of halogens is 3. The minimum absolute atomic E-state index is 0.203. The first-order chi connectivity index (χ1) is 9.70. The van der Waals surface area contributed by atoms with Crippen LogP contribution in [0.5, 0.6) is 5.75 Å². The second kappa shape index (κ2) is 7.13. The molecule has 1 aromatic carbocycles. The normalized spacial score (nSPS) is 12.7. The molecule has 1 rings (SSSR count). The van der Waals surface area contributed by atoms with Crippen LogP contribution >= 0.6 is 0 Å². The molecule has 0 bridgehead atoms. The van der Waals surface area contributed by atoms with E-state index in [4.69, 9.17) is 0 Å². The Labute approximate surface area is 122 Å². The monoisotopic (exact) mass is 325 g/mol. The first kappa shape index (κ1) is 17.8. The van der Waals surface area contributed by atoms with E-state index in [1.165, 1.54) is 16.4 Å². The summed E-state index contributed by atoms with van der Waals surface area (Å²) >= 11 is 0. The number of rotatable bonds is 7. The van der Waals surface area contributed by atoms with E-state index in [1.54, 1.807) is 0 Å². The molecule has 0 saturated carbocycles. The summed E-state index contributed by atoms with van der Waals surface area (Å²) in [7, 11) is -3.82. The number of alkyl halides is 3. The van der Waals surface area contributed by atoms with Gasteiger partial charge in [-0.15, -0.1) is 13.2 Å².